The quantitative estimate of drug-likeness (QED) is 0.623. The minimum absolute atomic E-state index is 0.154. The fourth-order valence-electron chi connectivity index (χ4n) is 2.98. The van der Waals surface area contributed by atoms with Crippen LogP contribution in [0.1, 0.15) is 31.0 Å². The minimum Gasteiger partial charge on any atom is -0.595 e. The summed E-state index contributed by atoms with van der Waals surface area (Å²) >= 11 is 3.36. The highest BCUT2D eigenvalue weighted by Crippen LogP contribution is 2.44. The summed E-state index contributed by atoms with van der Waals surface area (Å²) < 4.78 is 10.7. The molecule has 1 unspecified atom stereocenters. The van der Waals surface area contributed by atoms with E-state index >= 15 is 0 Å². The number of hydrogen-bond donors (Lipinski definition) is 2. The molecule has 3 rings (SSSR count). The first-order valence-electron chi connectivity index (χ1n) is 8.06. The molecule has 0 fully saturated rings. The number of hydrogen-bond acceptors (Lipinski definition) is 6. The molecule has 1 atom stereocenters. The van der Waals surface area contributed by atoms with Gasteiger partial charge in [0.05, 0.1) is 20.1 Å². The average Bonchev–Trinajstić information content (AvgIpc) is 3.23. The van der Waals surface area contributed by atoms with Gasteiger partial charge >= 0.3 is 0 Å². The van der Waals surface area contributed by atoms with Crippen LogP contribution in [-0.4, -0.2) is 19.4 Å². The van der Waals surface area contributed by atoms with Crippen LogP contribution in [0.3, 0.4) is 0 Å². The lowest BCUT2D eigenvalue weighted by molar-refractivity contribution is -0.991. The van der Waals surface area contributed by atoms with Gasteiger partial charge in [0.2, 0.25) is 0 Å². The lowest BCUT2D eigenvalue weighted by atomic mass is 9.93. The van der Waals surface area contributed by atoms with E-state index in [1.165, 1.54) is 16.9 Å². The summed E-state index contributed by atoms with van der Waals surface area (Å²) in [5, 5.41) is 20.8. The van der Waals surface area contributed by atoms with Gasteiger partial charge < -0.3 is 14.7 Å². The van der Waals surface area contributed by atoms with E-state index in [1.807, 2.05) is 0 Å². The number of benzene rings is 1. The summed E-state index contributed by atoms with van der Waals surface area (Å²) in [4.78, 5) is 4.60. The zero-order valence-electron chi connectivity index (χ0n) is 15.0. The first-order valence-corrected chi connectivity index (χ1v) is 9.69. The maximum atomic E-state index is 12.0. The number of rotatable bonds is 6. The Hall–Kier alpha value is -1.90. The van der Waals surface area contributed by atoms with Gasteiger partial charge in [-0.1, -0.05) is 0 Å². The van der Waals surface area contributed by atoms with E-state index < -0.39 is 5.23 Å². The van der Waals surface area contributed by atoms with Gasteiger partial charge in [0, 0.05) is 31.1 Å². The van der Waals surface area contributed by atoms with E-state index in [2.05, 4.69) is 38.1 Å². The van der Waals surface area contributed by atoms with Crippen LogP contribution in [-0.2, 0) is 0 Å². The first-order chi connectivity index (χ1) is 12.4. The molecule has 7 heteroatoms. The molecule has 0 aliphatic heterocycles. The van der Waals surface area contributed by atoms with Gasteiger partial charge in [-0.05, 0) is 44.2 Å². The highest BCUT2D eigenvalue weighted by Gasteiger charge is 2.28. The van der Waals surface area contributed by atoms with Crippen molar-refractivity contribution in [3.05, 3.63) is 66.7 Å². The van der Waals surface area contributed by atoms with Crippen molar-refractivity contribution >= 4 is 28.4 Å². The number of methoxy groups -OCH3 is 2. The van der Waals surface area contributed by atoms with E-state index in [0.29, 0.717) is 17.1 Å². The van der Waals surface area contributed by atoms with Gasteiger partial charge in [-0.15, -0.1) is 22.7 Å². The van der Waals surface area contributed by atoms with Crippen LogP contribution in [0.4, 0.5) is 5.69 Å². The monoisotopic (exact) mass is 391 g/mol. The molecule has 3 aromatic rings. The maximum absolute atomic E-state index is 12.0. The fraction of sp³-hybridized carbons (Fsp3) is 0.263. The Bertz CT molecular complexity index is 861. The molecule has 2 N–H and O–H groups in total. The molecule has 0 amide bonds. The molecule has 0 radical (unpaired) electrons. The molecule has 0 saturated heterocycles. The highest BCUT2D eigenvalue weighted by molar-refractivity contribution is 7.13. The number of ether oxygens (including phenoxy) is 2. The van der Waals surface area contributed by atoms with Crippen molar-refractivity contribution in [1.82, 2.24) is 0 Å². The Morgan fingerprint density at radius 1 is 0.923 bits per heavy atom. The van der Waals surface area contributed by atoms with Gasteiger partial charge in [0.25, 0.3) is 0 Å². The summed E-state index contributed by atoms with van der Waals surface area (Å²) in [6.07, 6.45) is 0. The Kier molecular flexibility index (Phi) is 5.64. The average molecular weight is 392 g/mol. The van der Waals surface area contributed by atoms with Crippen LogP contribution in [0, 0.1) is 19.1 Å². The van der Waals surface area contributed by atoms with Crippen molar-refractivity contribution in [3.63, 3.8) is 0 Å². The topological polar surface area (TPSA) is 66.2 Å². The number of aryl methyl sites for hydroxylation is 2. The Morgan fingerprint density at radius 2 is 1.42 bits per heavy atom. The van der Waals surface area contributed by atoms with Crippen molar-refractivity contribution in [1.29, 1.82) is 0 Å². The summed E-state index contributed by atoms with van der Waals surface area (Å²) in [7, 11) is 3.06. The summed E-state index contributed by atoms with van der Waals surface area (Å²) in [6.45, 7) is 4.11. The van der Waals surface area contributed by atoms with Gasteiger partial charge in [0.15, 0.2) is 17.2 Å². The van der Waals surface area contributed by atoms with Crippen LogP contribution in [0.15, 0.2) is 36.4 Å². The Labute approximate surface area is 160 Å². The van der Waals surface area contributed by atoms with Crippen molar-refractivity contribution in [3.8, 4) is 11.5 Å². The standard InChI is InChI=1S/C19H21NO4S2/c1-11-5-7-17(25-11)19(18-8-6-12(2)26-18)13-9-15(23-3)16(24-4)10-14(13)20(21)22/h5-10,19-21H,1-4H3. The normalized spacial score (nSPS) is 12.4. The van der Waals surface area contributed by atoms with Crippen LogP contribution < -0.4 is 14.7 Å². The third-order valence-electron chi connectivity index (χ3n) is 4.19. The number of nitrogens with one attached hydrogen (secondary N) is 1. The Balaban J connectivity index is 2.26. The molecule has 0 aliphatic rings. The molecule has 2 heterocycles. The predicted molar refractivity (Wildman–Crippen MR) is 104 cm³/mol. The molecular weight excluding hydrogens is 370 g/mol. The van der Waals surface area contributed by atoms with Gasteiger partial charge in [0.1, 0.15) is 0 Å². The van der Waals surface area contributed by atoms with E-state index in [9.17, 15) is 10.4 Å². The molecule has 138 valence electrons. The molecule has 0 bridgehead atoms. The predicted octanol–water partition coefficient (Wildman–Crippen LogP) is 4.03. The number of quaternary nitrogens is 1. The van der Waals surface area contributed by atoms with Crippen LogP contribution >= 0.6 is 22.7 Å². The third-order valence-corrected chi connectivity index (χ3v) is 6.32. The molecule has 0 aliphatic carbocycles. The SMILES string of the molecule is COc1cc(C(c2ccc(C)s2)c2ccc(C)s2)c([NH+]([O-])O)cc1OC. The smallest absolute Gasteiger partial charge is 0.172 e. The van der Waals surface area contributed by atoms with Crippen LogP contribution in [0.2, 0.25) is 0 Å². The minimum atomic E-state index is -0.979. The Morgan fingerprint density at radius 3 is 1.81 bits per heavy atom. The lowest BCUT2D eigenvalue weighted by Gasteiger charge is -2.23. The molecule has 26 heavy (non-hydrogen) atoms. The first kappa shape index (κ1) is 18.9. The van der Waals surface area contributed by atoms with E-state index in [0.717, 1.165) is 9.75 Å². The van der Waals surface area contributed by atoms with Gasteiger partial charge in [-0.25, -0.2) is 5.21 Å². The number of thiophene rings is 2. The molecule has 0 saturated carbocycles. The van der Waals surface area contributed by atoms with E-state index in [-0.39, 0.29) is 11.6 Å². The van der Waals surface area contributed by atoms with Crippen LogP contribution in [0.5, 0.6) is 11.5 Å². The molecule has 5 nitrogen and oxygen atoms in total. The summed E-state index contributed by atoms with van der Waals surface area (Å²) in [5.41, 5.74) is 0.934. The lowest BCUT2D eigenvalue weighted by Crippen LogP contribution is -2.99. The van der Waals surface area contributed by atoms with E-state index in [4.69, 9.17) is 9.47 Å². The second kappa shape index (κ2) is 7.77. The zero-order chi connectivity index (χ0) is 18.8. The van der Waals surface area contributed by atoms with Gasteiger partial charge in [-0.2, -0.15) is 5.23 Å². The van der Waals surface area contributed by atoms with Crippen molar-refractivity contribution in [2.75, 3.05) is 14.2 Å². The summed E-state index contributed by atoms with van der Waals surface area (Å²) in [6, 6.07) is 11.6. The van der Waals surface area contributed by atoms with Gasteiger partial charge in [-0.3, -0.25) is 0 Å². The van der Waals surface area contributed by atoms with Crippen molar-refractivity contribution in [2.24, 2.45) is 0 Å². The third kappa shape index (κ3) is 3.62. The molecular formula is C19H21NO4S2. The second-order valence-electron chi connectivity index (χ2n) is 5.93. The molecule has 1 aromatic carbocycles. The van der Waals surface area contributed by atoms with Crippen molar-refractivity contribution < 1.29 is 19.9 Å². The fourth-order valence-corrected chi connectivity index (χ4v) is 5.09. The maximum Gasteiger partial charge on any atom is 0.172 e. The summed E-state index contributed by atoms with van der Waals surface area (Å²) in [5.74, 6) is 0.787. The zero-order valence-corrected chi connectivity index (χ0v) is 16.7. The largest absolute Gasteiger partial charge is 0.595 e. The van der Waals surface area contributed by atoms with E-state index in [1.54, 1.807) is 41.9 Å². The second-order valence-corrected chi connectivity index (χ2v) is 8.57. The molecule has 2 aromatic heterocycles. The van der Waals surface area contributed by atoms with Crippen molar-refractivity contribution in [2.45, 2.75) is 19.8 Å². The van der Waals surface area contributed by atoms with Crippen LogP contribution in [0.25, 0.3) is 0 Å². The highest BCUT2D eigenvalue weighted by atomic mass is 32.1. The molecule has 0 spiro atoms.